The Kier molecular flexibility index (Phi) is 2.29. The molecule has 1 aromatic carbocycles. The van der Waals surface area contributed by atoms with E-state index in [2.05, 4.69) is 0 Å². The summed E-state index contributed by atoms with van der Waals surface area (Å²) in [6.07, 6.45) is 3.78. The summed E-state index contributed by atoms with van der Waals surface area (Å²) in [5, 5.41) is 0. The van der Waals surface area contributed by atoms with Crippen molar-refractivity contribution in [2.45, 2.75) is 6.92 Å². The Balaban J connectivity index is 2.63. The highest BCUT2D eigenvalue weighted by Crippen LogP contribution is 2.16. The van der Waals surface area contributed by atoms with Gasteiger partial charge in [-0.2, -0.15) is 0 Å². The largest absolute Gasteiger partial charge is 0.366 e. The second kappa shape index (κ2) is 3.61. The van der Waals surface area contributed by atoms with E-state index in [1.807, 2.05) is 48.1 Å². The highest BCUT2D eigenvalue weighted by molar-refractivity contribution is 5.96. The molecule has 1 aromatic heterocycles. The van der Waals surface area contributed by atoms with E-state index in [1.165, 1.54) is 0 Å². The fraction of sp³-hybridized carbons (Fsp3) is 0.0833. The Morgan fingerprint density at radius 1 is 1.27 bits per heavy atom. The average Bonchev–Trinajstić information content (AvgIpc) is 2.69. The third-order valence-corrected chi connectivity index (χ3v) is 2.30. The van der Waals surface area contributed by atoms with Crippen molar-refractivity contribution < 1.29 is 4.79 Å². The summed E-state index contributed by atoms with van der Waals surface area (Å²) in [5.41, 5.74) is 7.78. The predicted octanol–water partition coefficient (Wildman–Crippen LogP) is 1.88. The lowest BCUT2D eigenvalue weighted by molar-refractivity contribution is 0.100. The van der Waals surface area contributed by atoms with Crippen molar-refractivity contribution in [3.05, 3.63) is 53.9 Å². The minimum absolute atomic E-state index is 0.404. The molecule has 0 saturated heterocycles. The van der Waals surface area contributed by atoms with Crippen molar-refractivity contribution >= 4 is 5.91 Å². The van der Waals surface area contributed by atoms with E-state index in [1.54, 1.807) is 6.07 Å². The molecule has 0 unspecified atom stereocenters. The van der Waals surface area contributed by atoms with Crippen LogP contribution < -0.4 is 5.73 Å². The molecule has 0 bridgehead atoms. The molecule has 2 rings (SSSR count). The number of aryl methyl sites for hydroxylation is 1. The molecular weight excluding hydrogens is 188 g/mol. The number of nitrogens with two attached hydrogens (primary N) is 1. The molecule has 0 fully saturated rings. The first kappa shape index (κ1) is 9.52. The van der Waals surface area contributed by atoms with Crippen molar-refractivity contribution in [1.82, 2.24) is 4.57 Å². The summed E-state index contributed by atoms with van der Waals surface area (Å²) in [6, 6.07) is 9.40. The molecule has 0 saturated carbocycles. The number of benzene rings is 1. The van der Waals surface area contributed by atoms with Gasteiger partial charge in [0.15, 0.2) is 0 Å². The van der Waals surface area contributed by atoms with Crippen LogP contribution in [0.1, 0.15) is 15.9 Å². The zero-order valence-electron chi connectivity index (χ0n) is 8.47. The van der Waals surface area contributed by atoms with Crippen LogP contribution in [-0.2, 0) is 0 Å². The van der Waals surface area contributed by atoms with Gasteiger partial charge in [-0.15, -0.1) is 0 Å². The van der Waals surface area contributed by atoms with Gasteiger partial charge in [0.2, 0.25) is 0 Å². The van der Waals surface area contributed by atoms with E-state index in [4.69, 9.17) is 5.73 Å². The monoisotopic (exact) mass is 200 g/mol. The number of carbonyl (C=O) groups excluding carboxylic acids is 1. The molecule has 76 valence electrons. The zero-order valence-corrected chi connectivity index (χ0v) is 8.47. The summed E-state index contributed by atoms with van der Waals surface area (Å²) in [5.74, 6) is -0.404. The van der Waals surface area contributed by atoms with Crippen LogP contribution in [0.25, 0.3) is 5.69 Å². The topological polar surface area (TPSA) is 48.0 Å². The summed E-state index contributed by atoms with van der Waals surface area (Å²) in [7, 11) is 0. The van der Waals surface area contributed by atoms with Gasteiger partial charge < -0.3 is 10.3 Å². The quantitative estimate of drug-likeness (QED) is 0.790. The smallest absolute Gasteiger partial charge is 0.250 e. The maximum Gasteiger partial charge on any atom is 0.250 e. The molecule has 3 heteroatoms. The number of nitrogens with zero attached hydrogens (tertiary/aromatic N) is 1. The Morgan fingerprint density at radius 3 is 2.53 bits per heavy atom. The molecule has 0 aliphatic rings. The van der Waals surface area contributed by atoms with Gasteiger partial charge in [-0.1, -0.05) is 6.07 Å². The molecule has 15 heavy (non-hydrogen) atoms. The first-order chi connectivity index (χ1) is 7.18. The number of rotatable bonds is 2. The summed E-state index contributed by atoms with van der Waals surface area (Å²) in [6.45, 7) is 1.98. The number of carbonyl (C=O) groups is 1. The molecule has 2 aromatic rings. The molecule has 3 nitrogen and oxygen atoms in total. The molecule has 0 spiro atoms. The Morgan fingerprint density at radius 2 is 1.93 bits per heavy atom. The molecule has 0 aliphatic heterocycles. The second-order valence-electron chi connectivity index (χ2n) is 3.48. The van der Waals surface area contributed by atoms with Crippen LogP contribution in [0.15, 0.2) is 42.7 Å². The minimum Gasteiger partial charge on any atom is -0.366 e. The molecule has 1 heterocycles. The van der Waals surface area contributed by atoms with Gasteiger partial charge in [0.1, 0.15) is 0 Å². The van der Waals surface area contributed by atoms with Crippen LogP contribution in [0.3, 0.4) is 0 Å². The van der Waals surface area contributed by atoms with E-state index in [-0.39, 0.29) is 0 Å². The molecule has 0 radical (unpaired) electrons. The van der Waals surface area contributed by atoms with Crippen molar-refractivity contribution in [1.29, 1.82) is 0 Å². The standard InChI is InChI=1S/C12H12N2O/c1-9-4-5-10(12(13)15)11(8-9)14-6-2-3-7-14/h2-8H,1H3,(H2,13,15). The Hall–Kier alpha value is -2.03. The van der Waals surface area contributed by atoms with Crippen molar-refractivity contribution in [3.63, 3.8) is 0 Å². The molecule has 0 atom stereocenters. The van der Waals surface area contributed by atoms with E-state index in [0.29, 0.717) is 5.56 Å². The number of amides is 1. The maximum atomic E-state index is 11.2. The number of hydrogen-bond donors (Lipinski definition) is 1. The molecule has 1 amide bonds. The lowest BCUT2D eigenvalue weighted by Gasteiger charge is -2.08. The minimum atomic E-state index is -0.404. The summed E-state index contributed by atoms with van der Waals surface area (Å²) >= 11 is 0. The Bertz CT molecular complexity index is 486. The lowest BCUT2D eigenvalue weighted by atomic mass is 10.1. The van der Waals surface area contributed by atoms with Gasteiger partial charge in [0.05, 0.1) is 11.3 Å². The van der Waals surface area contributed by atoms with Crippen LogP contribution in [-0.4, -0.2) is 10.5 Å². The molecule has 0 aliphatic carbocycles. The highest BCUT2D eigenvalue weighted by Gasteiger charge is 2.08. The van der Waals surface area contributed by atoms with Crippen molar-refractivity contribution in [3.8, 4) is 5.69 Å². The van der Waals surface area contributed by atoms with E-state index in [0.717, 1.165) is 11.3 Å². The van der Waals surface area contributed by atoms with E-state index < -0.39 is 5.91 Å². The highest BCUT2D eigenvalue weighted by atomic mass is 16.1. The molecule has 2 N–H and O–H groups in total. The van der Waals surface area contributed by atoms with Gasteiger partial charge in [-0.25, -0.2) is 0 Å². The van der Waals surface area contributed by atoms with Crippen LogP contribution in [0.4, 0.5) is 0 Å². The van der Waals surface area contributed by atoms with Crippen molar-refractivity contribution in [2.75, 3.05) is 0 Å². The SMILES string of the molecule is Cc1ccc(C(N)=O)c(-n2cccc2)c1. The summed E-state index contributed by atoms with van der Waals surface area (Å²) in [4.78, 5) is 11.2. The van der Waals surface area contributed by atoms with Gasteiger partial charge in [-0.3, -0.25) is 4.79 Å². The van der Waals surface area contributed by atoms with Crippen LogP contribution >= 0.6 is 0 Å². The number of primary amides is 1. The third-order valence-electron chi connectivity index (χ3n) is 2.30. The van der Waals surface area contributed by atoms with Gasteiger partial charge in [0, 0.05) is 12.4 Å². The molecular formula is C12H12N2O. The summed E-state index contributed by atoms with van der Waals surface area (Å²) < 4.78 is 1.88. The first-order valence-electron chi connectivity index (χ1n) is 4.72. The fourth-order valence-electron chi connectivity index (χ4n) is 1.56. The van der Waals surface area contributed by atoms with Crippen LogP contribution in [0.2, 0.25) is 0 Å². The van der Waals surface area contributed by atoms with Gasteiger partial charge >= 0.3 is 0 Å². The normalized spacial score (nSPS) is 10.2. The first-order valence-corrected chi connectivity index (χ1v) is 4.72. The van der Waals surface area contributed by atoms with Crippen molar-refractivity contribution in [2.24, 2.45) is 5.73 Å². The van der Waals surface area contributed by atoms with Gasteiger partial charge in [-0.05, 0) is 36.8 Å². The van der Waals surface area contributed by atoms with Gasteiger partial charge in [0.25, 0.3) is 5.91 Å². The van der Waals surface area contributed by atoms with E-state index in [9.17, 15) is 4.79 Å². The predicted molar refractivity (Wildman–Crippen MR) is 59.0 cm³/mol. The Labute approximate surface area is 88.1 Å². The average molecular weight is 200 g/mol. The maximum absolute atomic E-state index is 11.2. The van der Waals surface area contributed by atoms with Crippen LogP contribution in [0.5, 0.6) is 0 Å². The van der Waals surface area contributed by atoms with Crippen LogP contribution in [0, 0.1) is 6.92 Å². The van der Waals surface area contributed by atoms with E-state index >= 15 is 0 Å². The fourth-order valence-corrected chi connectivity index (χ4v) is 1.56. The number of hydrogen-bond acceptors (Lipinski definition) is 1. The number of aromatic nitrogens is 1. The second-order valence-corrected chi connectivity index (χ2v) is 3.48. The lowest BCUT2D eigenvalue weighted by Crippen LogP contribution is -2.14. The third kappa shape index (κ3) is 1.76. The zero-order chi connectivity index (χ0) is 10.8.